The lowest BCUT2D eigenvalue weighted by atomic mass is 10.0. The van der Waals surface area contributed by atoms with Crippen LogP contribution in [0.3, 0.4) is 0 Å². The van der Waals surface area contributed by atoms with Gasteiger partial charge in [-0.2, -0.15) is 0 Å². The smallest absolute Gasteiger partial charge is 0.309 e. The van der Waals surface area contributed by atoms with Gasteiger partial charge in [0, 0.05) is 10.7 Å². The molecule has 0 saturated carbocycles. The Bertz CT molecular complexity index is 427. The van der Waals surface area contributed by atoms with Gasteiger partial charge in [-0.25, -0.2) is 0 Å². The second-order valence-electron chi connectivity index (χ2n) is 4.18. The highest BCUT2D eigenvalue weighted by molar-refractivity contribution is 6.30. The molecule has 0 aromatic heterocycles. The molecule has 0 fully saturated rings. The van der Waals surface area contributed by atoms with Gasteiger partial charge < -0.3 is 10.1 Å². The Kier molecular flexibility index (Phi) is 6.36. The van der Waals surface area contributed by atoms with E-state index >= 15 is 0 Å². The molecule has 1 amide bonds. The van der Waals surface area contributed by atoms with E-state index in [0.29, 0.717) is 23.6 Å². The molecule has 0 bridgehead atoms. The lowest BCUT2D eigenvalue weighted by molar-refractivity contribution is -0.151. The molecule has 1 aromatic rings. The van der Waals surface area contributed by atoms with Crippen molar-refractivity contribution in [1.82, 2.24) is 0 Å². The minimum Gasteiger partial charge on any atom is -0.455 e. The Labute approximate surface area is 118 Å². The summed E-state index contributed by atoms with van der Waals surface area (Å²) >= 11 is 5.74. The fraction of sp³-hybridized carbons (Fsp3) is 0.429. The molecule has 0 aliphatic rings. The molecule has 1 N–H and O–H groups in total. The standard InChI is InChI=1S/C14H18ClNO3/c1-3-10(4-2)14(18)19-9-13(17)16-12-7-5-11(15)6-8-12/h5-8,10H,3-4,9H2,1-2H3,(H,16,17). The highest BCUT2D eigenvalue weighted by Crippen LogP contribution is 2.13. The SMILES string of the molecule is CCC(CC)C(=O)OCC(=O)Nc1ccc(Cl)cc1. The highest BCUT2D eigenvalue weighted by Gasteiger charge is 2.16. The number of anilines is 1. The molecule has 0 unspecified atom stereocenters. The first kappa shape index (κ1) is 15.5. The number of esters is 1. The molecule has 0 atom stereocenters. The van der Waals surface area contributed by atoms with Crippen molar-refractivity contribution in [2.75, 3.05) is 11.9 Å². The van der Waals surface area contributed by atoms with E-state index in [1.807, 2.05) is 13.8 Å². The first-order valence-electron chi connectivity index (χ1n) is 6.28. The maximum absolute atomic E-state index is 11.6. The zero-order chi connectivity index (χ0) is 14.3. The number of amides is 1. The summed E-state index contributed by atoms with van der Waals surface area (Å²) < 4.78 is 4.97. The van der Waals surface area contributed by atoms with Crippen LogP contribution < -0.4 is 5.32 Å². The zero-order valence-corrected chi connectivity index (χ0v) is 11.9. The molecular formula is C14H18ClNO3. The van der Waals surface area contributed by atoms with Crippen molar-refractivity contribution < 1.29 is 14.3 Å². The molecule has 1 aromatic carbocycles. The predicted octanol–water partition coefficient (Wildman–Crippen LogP) is 3.26. The average Bonchev–Trinajstić information content (AvgIpc) is 2.40. The minimum absolute atomic E-state index is 0.136. The number of benzene rings is 1. The van der Waals surface area contributed by atoms with Crippen molar-refractivity contribution in [2.24, 2.45) is 5.92 Å². The topological polar surface area (TPSA) is 55.4 Å². The van der Waals surface area contributed by atoms with E-state index in [2.05, 4.69) is 5.32 Å². The zero-order valence-electron chi connectivity index (χ0n) is 11.1. The summed E-state index contributed by atoms with van der Waals surface area (Å²) in [4.78, 5) is 23.2. The third kappa shape index (κ3) is 5.30. The lowest BCUT2D eigenvalue weighted by Gasteiger charge is -2.11. The molecule has 5 heteroatoms. The number of carbonyl (C=O) groups is 2. The van der Waals surface area contributed by atoms with Crippen LogP contribution in [0.1, 0.15) is 26.7 Å². The van der Waals surface area contributed by atoms with Crippen LogP contribution in [-0.2, 0) is 14.3 Å². The quantitative estimate of drug-likeness (QED) is 0.815. The van der Waals surface area contributed by atoms with E-state index in [9.17, 15) is 9.59 Å². The third-order valence-electron chi connectivity index (χ3n) is 2.79. The molecule has 0 heterocycles. The van der Waals surface area contributed by atoms with Gasteiger partial charge in [-0.15, -0.1) is 0 Å². The molecule has 0 radical (unpaired) electrons. The molecule has 1 rings (SSSR count). The van der Waals surface area contributed by atoms with Crippen LogP contribution in [0, 0.1) is 5.92 Å². The molecule has 19 heavy (non-hydrogen) atoms. The van der Waals surface area contributed by atoms with Gasteiger partial charge in [-0.05, 0) is 37.1 Å². The van der Waals surface area contributed by atoms with Crippen LogP contribution in [-0.4, -0.2) is 18.5 Å². The summed E-state index contributed by atoms with van der Waals surface area (Å²) in [5, 5.41) is 3.22. The highest BCUT2D eigenvalue weighted by atomic mass is 35.5. The Morgan fingerprint density at radius 2 is 1.79 bits per heavy atom. The summed E-state index contributed by atoms with van der Waals surface area (Å²) in [6, 6.07) is 6.71. The second-order valence-corrected chi connectivity index (χ2v) is 4.61. The van der Waals surface area contributed by atoms with Gasteiger partial charge in [0.25, 0.3) is 5.91 Å². The molecular weight excluding hydrogens is 266 g/mol. The number of ether oxygens (including phenoxy) is 1. The van der Waals surface area contributed by atoms with Crippen LogP contribution in [0.25, 0.3) is 0 Å². The van der Waals surface area contributed by atoms with Crippen LogP contribution in [0.4, 0.5) is 5.69 Å². The van der Waals surface area contributed by atoms with Crippen molar-refractivity contribution in [2.45, 2.75) is 26.7 Å². The fourth-order valence-electron chi connectivity index (χ4n) is 1.61. The molecule has 0 aliphatic carbocycles. The van der Waals surface area contributed by atoms with Gasteiger partial charge >= 0.3 is 5.97 Å². The first-order chi connectivity index (χ1) is 9.06. The summed E-state index contributed by atoms with van der Waals surface area (Å²) in [6.07, 6.45) is 1.43. The minimum atomic E-state index is -0.360. The Hall–Kier alpha value is -1.55. The average molecular weight is 284 g/mol. The van der Waals surface area contributed by atoms with Crippen LogP contribution in [0.15, 0.2) is 24.3 Å². The number of nitrogens with one attached hydrogen (secondary N) is 1. The van der Waals surface area contributed by atoms with E-state index in [1.165, 1.54) is 0 Å². The molecule has 4 nitrogen and oxygen atoms in total. The first-order valence-corrected chi connectivity index (χ1v) is 6.66. The van der Waals surface area contributed by atoms with Crippen LogP contribution in [0.2, 0.25) is 5.02 Å². The van der Waals surface area contributed by atoms with E-state index in [0.717, 1.165) is 0 Å². The van der Waals surface area contributed by atoms with Crippen molar-refractivity contribution in [3.8, 4) is 0 Å². The maximum Gasteiger partial charge on any atom is 0.309 e. The third-order valence-corrected chi connectivity index (χ3v) is 3.04. The van der Waals surface area contributed by atoms with Gasteiger partial charge in [-0.1, -0.05) is 25.4 Å². The van der Waals surface area contributed by atoms with E-state index < -0.39 is 0 Å². The predicted molar refractivity (Wildman–Crippen MR) is 75.1 cm³/mol. The van der Waals surface area contributed by atoms with Crippen LogP contribution >= 0.6 is 11.6 Å². The summed E-state index contributed by atoms with van der Waals surface area (Å²) in [5.74, 6) is -0.818. The number of hydrogen-bond donors (Lipinski definition) is 1. The number of hydrogen-bond acceptors (Lipinski definition) is 3. The van der Waals surface area contributed by atoms with Gasteiger partial charge in [0.2, 0.25) is 0 Å². The molecule has 0 saturated heterocycles. The van der Waals surface area contributed by atoms with E-state index in [1.54, 1.807) is 24.3 Å². The van der Waals surface area contributed by atoms with Crippen molar-refractivity contribution >= 4 is 29.2 Å². The van der Waals surface area contributed by atoms with Gasteiger partial charge in [-0.3, -0.25) is 9.59 Å². The van der Waals surface area contributed by atoms with Crippen LogP contribution in [0.5, 0.6) is 0 Å². The number of rotatable bonds is 6. The van der Waals surface area contributed by atoms with Crippen molar-refractivity contribution in [3.05, 3.63) is 29.3 Å². The summed E-state index contributed by atoms with van der Waals surface area (Å²) in [6.45, 7) is 3.57. The monoisotopic (exact) mass is 283 g/mol. The Morgan fingerprint density at radius 1 is 1.21 bits per heavy atom. The molecule has 104 valence electrons. The molecule has 0 aliphatic heterocycles. The van der Waals surface area contributed by atoms with Crippen molar-refractivity contribution in [3.63, 3.8) is 0 Å². The largest absolute Gasteiger partial charge is 0.455 e. The van der Waals surface area contributed by atoms with Gasteiger partial charge in [0.1, 0.15) is 0 Å². The van der Waals surface area contributed by atoms with E-state index in [4.69, 9.17) is 16.3 Å². The molecule has 0 spiro atoms. The second kappa shape index (κ2) is 7.79. The fourth-order valence-corrected chi connectivity index (χ4v) is 1.73. The van der Waals surface area contributed by atoms with E-state index in [-0.39, 0.29) is 24.4 Å². The Balaban J connectivity index is 2.39. The van der Waals surface area contributed by atoms with Gasteiger partial charge in [0.05, 0.1) is 5.92 Å². The lowest BCUT2D eigenvalue weighted by Crippen LogP contribution is -2.24. The Morgan fingerprint density at radius 3 is 2.32 bits per heavy atom. The normalized spacial score (nSPS) is 10.3. The number of carbonyl (C=O) groups excluding carboxylic acids is 2. The summed E-state index contributed by atoms with van der Waals surface area (Å²) in [7, 11) is 0. The van der Waals surface area contributed by atoms with Crippen molar-refractivity contribution in [1.29, 1.82) is 0 Å². The number of halogens is 1. The maximum atomic E-state index is 11.6. The van der Waals surface area contributed by atoms with Gasteiger partial charge in [0.15, 0.2) is 6.61 Å². The summed E-state index contributed by atoms with van der Waals surface area (Å²) in [5.41, 5.74) is 0.619.